The summed E-state index contributed by atoms with van der Waals surface area (Å²) in [5.41, 5.74) is 3.96. The van der Waals surface area contributed by atoms with Gasteiger partial charge in [-0.1, -0.05) is 57.8 Å². The number of nitrogens with one attached hydrogen (secondary N) is 1. The van der Waals surface area contributed by atoms with E-state index in [1.165, 1.54) is 11.3 Å². The zero-order chi connectivity index (χ0) is 24.1. The van der Waals surface area contributed by atoms with Gasteiger partial charge in [0.25, 0.3) is 5.91 Å². The highest BCUT2D eigenvalue weighted by Crippen LogP contribution is 2.37. The van der Waals surface area contributed by atoms with Crippen molar-refractivity contribution in [2.75, 3.05) is 18.5 Å². The summed E-state index contributed by atoms with van der Waals surface area (Å²) >= 11 is 8.26. The normalized spacial score (nSPS) is 10.9. The summed E-state index contributed by atoms with van der Waals surface area (Å²) in [6.45, 7) is 7.94. The molecule has 1 heterocycles. The molecule has 3 rings (SSSR count). The Hall–Kier alpha value is -2.16. The average molecular weight is 595 g/mol. The molecule has 0 radical (unpaired) electrons. The molecule has 33 heavy (non-hydrogen) atoms. The van der Waals surface area contributed by atoms with E-state index in [0.717, 1.165) is 25.6 Å². The van der Waals surface area contributed by atoms with Crippen LogP contribution in [0.25, 0.3) is 11.1 Å². The third-order valence-electron chi connectivity index (χ3n) is 4.95. The highest BCUT2D eigenvalue weighted by Gasteiger charge is 2.23. The minimum Gasteiger partial charge on any atom is -0.483 e. The van der Waals surface area contributed by atoms with E-state index in [-0.39, 0.29) is 25.0 Å². The molecule has 1 aromatic heterocycles. The fourth-order valence-corrected chi connectivity index (χ4v) is 4.85. The van der Waals surface area contributed by atoms with Crippen molar-refractivity contribution in [2.45, 2.75) is 33.6 Å². The van der Waals surface area contributed by atoms with Crippen molar-refractivity contribution in [3.8, 4) is 16.9 Å². The van der Waals surface area contributed by atoms with Gasteiger partial charge in [-0.2, -0.15) is 0 Å². The number of amides is 1. The van der Waals surface area contributed by atoms with Crippen molar-refractivity contribution >= 4 is 60.1 Å². The summed E-state index contributed by atoms with van der Waals surface area (Å²) in [6.07, 6.45) is 0. The van der Waals surface area contributed by atoms with Crippen molar-refractivity contribution in [3.63, 3.8) is 0 Å². The van der Waals surface area contributed by atoms with Gasteiger partial charge in [0.2, 0.25) is 0 Å². The van der Waals surface area contributed by atoms with Gasteiger partial charge in [-0.05, 0) is 60.7 Å². The van der Waals surface area contributed by atoms with E-state index >= 15 is 0 Å². The van der Waals surface area contributed by atoms with Crippen LogP contribution >= 0.6 is 43.2 Å². The number of hydrogen-bond acceptors (Lipinski definition) is 5. The smallest absolute Gasteiger partial charge is 0.341 e. The second-order valence-electron chi connectivity index (χ2n) is 7.71. The molecule has 8 heteroatoms. The number of benzene rings is 2. The molecule has 1 amide bonds. The number of rotatable bonds is 8. The van der Waals surface area contributed by atoms with E-state index in [4.69, 9.17) is 9.47 Å². The van der Waals surface area contributed by atoms with E-state index in [1.54, 1.807) is 6.92 Å². The zero-order valence-corrected chi connectivity index (χ0v) is 22.8. The lowest BCUT2D eigenvalue weighted by Gasteiger charge is -2.16. The summed E-state index contributed by atoms with van der Waals surface area (Å²) in [5, 5.41) is 5.12. The standard InChI is InChI=1S/C25H25Br2NO4S/c1-5-31-25(30)23-19(16-6-8-17(26)9-7-16)13-33-24(23)28-22(29)12-32-21-10-15(4)20(27)11-18(21)14(2)3/h6-11,13-14H,5,12H2,1-4H3,(H,28,29). The first kappa shape index (κ1) is 25.5. The molecule has 0 aliphatic heterocycles. The quantitative estimate of drug-likeness (QED) is 0.273. The van der Waals surface area contributed by atoms with Gasteiger partial charge in [0, 0.05) is 19.9 Å². The number of halogens is 2. The van der Waals surface area contributed by atoms with Crippen molar-refractivity contribution < 1.29 is 19.1 Å². The van der Waals surface area contributed by atoms with Crippen LogP contribution in [-0.2, 0) is 9.53 Å². The number of aryl methyl sites for hydroxylation is 1. The van der Waals surface area contributed by atoms with Crippen LogP contribution in [0.2, 0.25) is 0 Å². The van der Waals surface area contributed by atoms with Gasteiger partial charge in [0.1, 0.15) is 16.3 Å². The fraction of sp³-hybridized carbons (Fsp3) is 0.280. The number of anilines is 1. The van der Waals surface area contributed by atoms with E-state index in [9.17, 15) is 9.59 Å². The van der Waals surface area contributed by atoms with Crippen LogP contribution in [0.3, 0.4) is 0 Å². The molecule has 0 bridgehead atoms. The molecule has 0 saturated heterocycles. The van der Waals surface area contributed by atoms with E-state index in [1.807, 2.05) is 48.7 Å². The van der Waals surface area contributed by atoms with Crippen molar-refractivity contribution in [1.82, 2.24) is 0 Å². The molecule has 0 aliphatic rings. The van der Waals surface area contributed by atoms with Gasteiger partial charge in [-0.25, -0.2) is 4.79 Å². The molecular weight excluding hydrogens is 570 g/mol. The lowest BCUT2D eigenvalue weighted by molar-refractivity contribution is -0.118. The minimum absolute atomic E-state index is 0.172. The van der Waals surface area contributed by atoms with Crippen molar-refractivity contribution in [1.29, 1.82) is 0 Å². The highest BCUT2D eigenvalue weighted by molar-refractivity contribution is 9.10. The summed E-state index contributed by atoms with van der Waals surface area (Å²) in [4.78, 5) is 25.5. The molecule has 174 valence electrons. The predicted octanol–water partition coefficient (Wildman–Crippen LogP) is 7.57. The summed E-state index contributed by atoms with van der Waals surface area (Å²) in [5.74, 6) is 0.0906. The number of esters is 1. The number of thiophene rings is 1. The molecule has 0 fully saturated rings. The van der Waals surface area contributed by atoms with E-state index in [0.29, 0.717) is 21.9 Å². The monoisotopic (exact) mass is 593 g/mol. The first-order chi connectivity index (χ1) is 15.7. The number of hydrogen-bond donors (Lipinski definition) is 1. The third kappa shape index (κ3) is 6.25. The molecule has 0 atom stereocenters. The highest BCUT2D eigenvalue weighted by atomic mass is 79.9. The molecule has 0 unspecified atom stereocenters. The maximum Gasteiger partial charge on any atom is 0.341 e. The maximum absolute atomic E-state index is 12.7. The molecule has 0 spiro atoms. The molecule has 0 saturated carbocycles. The summed E-state index contributed by atoms with van der Waals surface area (Å²) in [6, 6.07) is 11.6. The Labute approximate surface area is 214 Å². The Morgan fingerprint density at radius 3 is 2.45 bits per heavy atom. The van der Waals surface area contributed by atoms with Gasteiger partial charge in [-0.15, -0.1) is 11.3 Å². The van der Waals surface area contributed by atoms with Crippen LogP contribution in [0.1, 0.15) is 48.2 Å². The van der Waals surface area contributed by atoms with Gasteiger partial charge in [0.05, 0.1) is 6.61 Å². The van der Waals surface area contributed by atoms with Crippen LogP contribution in [-0.4, -0.2) is 25.1 Å². The Morgan fingerprint density at radius 2 is 1.82 bits per heavy atom. The number of carbonyl (C=O) groups is 2. The Bertz CT molecular complexity index is 1160. The zero-order valence-electron chi connectivity index (χ0n) is 18.8. The fourth-order valence-electron chi connectivity index (χ4n) is 3.25. The molecule has 0 aliphatic carbocycles. The molecule has 3 aromatic rings. The minimum atomic E-state index is -0.474. The van der Waals surface area contributed by atoms with Gasteiger partial charge in [-0.3, -0.25) is 4.79 Å². The SMILES string of the molecule is CCOC(=O)c1c(-c2ccc(Br)cc2)csc1NC(=O)COc1cc(C)c(Br)cc1C(C)C. The third-order valence-corrected chi connectivity index (χ3v) is 7.23. The molecular formula is C25H25Br2NO4S. The predicted molar refractivity (Wildman–Crippen MR) is 141 cm³/mol. The first-order valence-corrected chi connectivity index (χ1v) is 12.9. The first-order valence-electron chi connectivity index (χ1n) is 10.5. The van der Waals surface area contributed by atoms with Crippen LogP contribution < -0.4 is 10.1 Å². The number of ether oxygens (including phenoxy) is 2. The lowest BCUT2D eigenvalue weighted by Crippen LogP contribution is -2.21. The average Bonchev–Trinajstić information content (AvgIpc) is 3.18. The van der Waals surface area contributed by atoms with E-state index in [2.05, 4.69) is 51.0 Å². The topological polar surface area (TPSA) is 64.6 Å². The second kappa shape index (κ2) is 11.3. The van der Waals surface area contributed by atoms with Crippen LogP contribution in [0.5, 0.6) is 5.75 Å². The van der Waals surface area contributed by atoms with Crippen LogP contribution in [0.4, 0.5) is 5.00 Å². The summed E-state index contributed by atoms with van der Waals surface area (Å²) < 4.78 is 13.1. The van der Waals surface area contributed by atoms with Gasteiger partial charge < -0.3 is 14.8 Å². The molecule has 2 aromatic carbocycles. The van der Waals surface area contributed by atoms with E-state index < -0.39 is 5.97 Å². The van der Waals surface area contributed by atoms with Crippen LogP contribution in [0, 0.1) is 6.92 Å². The molecule has 1 N–H and O–H groups in total. The Balaban J connectivity index is 1.82. The summed E-state index contributed by atoms with van der Waals surface area (Å²) in [7, 11) is 0. The van der Waals surface area contributed by atoms with Crippen molar-refractivity contribution in [3.05, 3.63) is 67.4 Å². The lowest BCUT2D eigenvalue weighted by atomic mass is 10.0. The maximum atomic E-state index is 12.7. The number of carbonyl (C=O) groups excluding carboxylic acids is 2. The molecule has 5 nitrogen and oxygen atoms in total. The van der Waals surface area contributed by atoms with Crippen molar-refractivity contribution in [2.24, 2.45) is 0 Å². The second-order valence-corrected chi connectivity index (χ2v) is 10.4. The Morgan fingerprint density at radius 1 is 1.12 bits per heavy atom. The largest absolute Gasteiger partial charge is 0.483 e. The van der Waals surface area contributed by atoms with Gasteiger partial charge in [0.15, 0.2) is 6.61 Å². The van der Waals surface area contributed by atoms with Crippen LogP contribution in [0.15, 0.2) is 50.7 Å². The Kier molecular flexibility index (Phi) is 8.73. The van der Waals surface area contributed by atoms with Gasteiger partial charge >= 0.3 is 5.97 Å².